The van der Waals surface area contributed by atoms with Crippen LogP contribution in [0.3, 0.4) is 0 Å². The molecule has 0 fully saturated rings. The van der Waals surface area contributed by atoms with E-state index in [4.69, 9.17) is 17.0 Å². The van der Waals surface area contributed by atoms with Gasteiger partial charge in [0.15, 0.2) is 5.78 Å². The fraction of sp³-hybridized carbons (Fsp3) is 0.125. The summed E-state index contributed by atoms with van der Waals surface area (Å²) in [5.41, 5.74) is 1.49. The van der Waals surface area contributed by atoms with E-state index < -0.39 is 0 Å². The number of carbonyl (C=O) groups excluding carboxylic acids is 1. The largest absolute Gasteiger partial charge is 0.432 e. The van der Waals surface area contributed by atoms with Gasteiger partial charge in [0.2, 0.25) is 0 Å². The second kappa shape index (κ2) is 6.82. The summed E-state index contributed by atoms with van der Waals surface area (Å²) in [7, 11) is 0. The average molecular weight is 285 g/mol. The smallest absolute Gasteiger partial charge is 0.266 e. The number of nitrogens with one attached hydrogen (secondary N) is 1. The minimum absolute atomic E-state index is 0.125. The molecule has 0 radical (unpaired) electrons. The first kappa shape index (κ1) is 14.2. The summed E-state index contributed by atoms with van der Waals surface area (Å²) in [4.78, 5) is 11.5. The molecular weight excluding hydrogens is 270 g/mol. The second-order valence-electron chi connectivity index (χ2n) is 4.18. The number of hydrogen-bond donors (Lipinski definition) is 1. The molecule has 0 aliphatic rings. The van der Waals surface area contributed by atoms with Crippen molar-refractivity contribution in [2.75, 3.05) is 5.32 Å². The van der Waals surface area contributed by atoms with Gasteiger partial charge in [-0.05, 0) is 48.6 Å². The highest BCUT2D eigenvalue weighted by Crippen LogP contribution is 2.13. The van der Waals surface area contributed by atoms with Crippen LogP contribution < -0.4 is 10.1 Å². The molecule has 3 nitrogen and oxygen atoms in total. The Bertz CT molecular complexity index is 594. The molecule has 102 valence electrons. The van der Waals surface area contributed by atoms with Gasteiger partial charge in [0.25, 0.3) is 5.17 Å². The van der Waals surface area contributed by atoms with Crippen LogP contribution in [0.1, 0.15) is 23.7 Å². The number of Topliss-reactive ketones (excluding diaryl/α,β-unsaturated/α-hetero) is 1. The minimum Gasteiger partial charge on any atom is -0.432 e. The molecule has 0 aliphatic heterocycles. The standard InChI is InChI=1S/C16H15NO2S/c1-2-15(18)12-8-10-13(11-9-12)17-16(20)19-14-6-4-3-5-7-14/h3-11H,2H2,1H3,(H,17,20). The Balaban J connectivity index is 1.96. The summed E-state index contributed by atoms with van der Waals surface area (Å²) in [6.07, 6.45) is 0.502. The van der Waals surface area contributed by atoms with Gasteiger partial charge >= 0.3 is 0 Å². The van der Waals surface area contributed by atoms with E-state index in [1.807, 2.05) is 49.4 Å². The van der Waals surface area contributed by atoms with Gasteiger partial charge in [-0.15, -0.1) is 0 Å². The van der Waals surface area contributed by atoms with Crippen LogP contribution in [0.15, 0.2) is 54.6 Å². The zero-order valence-corrected chi connectivity index (χ0v) is 11.9. The molecule has 0 saturated carbocycles. The lowest BCUT2D eigenvalue weighted by Gasteiger charge is -2.09. The molecular formula is C16H15NO2S. The Kier molecular flexibility index (Phi) is 4.85. The zero-order chi connectivity index (χ0) is 14.4. The molecule has 2 aromatic rings. The number of para-hydroxylation sites is 1. The fourth-order valence-electron chi connectivity index (χ4n) is 1.68. The van der Waals surface area contributed by atoms with Crippen LogP contribution in [-0.4, -0.2) is 11.0 Å². The molecule has 1 N–H and O–H groups in total. The van der Waals surface area contributed by atoms with Gasteiger partial charge in [-0.25, -0.2) is 0 Å². The normalized spacial score (nSPS) is 9.85. The van der Waals surface area contributed by atoms with Crippen molar-refractivity contribution in [1.82, 2.24) is 0 Å². The van der Waals surface area contributed by atoms with Gasteiger partial charge in [-0.2, -0.15) is 0 Å². The highest BCUT2D eigenvalue weighted by molar-refractivity contribution is 7.80. The molecule has 0 atom stereocenters. The van der Waals surface area contributed by atoms with Crippen molar-refractivity contribution in [3.63, 3.8) is 0 Å². The van der Waals surface area contributed by atoms with Crippen LogP contribution in [0.25, 0.3) is 0 Å². The molecule has 0 amide bonds. The molecule has 0 spiro atoms. The van der Waals surface area contributed by atoms with Gasteiger partial charge in [0, 0.05) is 17.7 Å². The maximum absolute atomic E-state index is 11.5. The van der Waals surface area contributed by atoms with Gasteiger partial charge in [0.05, 0.1) is 0 Å². The van der Waals surface area contributed by atoms with Crippen LogP contribution in [0.4, 0.5) is 5.69 Å². The van der Waals surface area contributed by atoms with Crippen molar-refractivity contribution < 1.29 is 9.53 Å². The zero-order valence-electron chi connectivity index (χ0n) is 11.1. The van der Waals surface area contributed by atoms with Gasteiger partial charge in [0.1, 0.15) is 5.75 Å². The minimum atomic E-state index is 0.125. The predicted octanol–water partition coefficient (Wildman–Crippen LogP) is 4.06. The van der Waals surface area contributed by atoms with Crippen molar-refractivity contribution in [3.8, 4) is 5.75 Å². The Morgan fingerprint density at radius 2 is 1.75 bits per heavy atom. The summed E-state index contributed by atoms with van der Waals surface area (Å²) in [5, 5.41) is 3.24. The number of thiocarbonyl (C=S) groups is 1. The molecule has 2 rings (SSSR count). The molecule has 0 heterocycles. The molecule has 0 aromatic heterocycles. The highest BCUT2D eigenvalue weighted by atomic mass is 32.1. The van der Waals surface area contributed by atoms with Crippen molar-refractivity contribution in [2.24, 2.45) is 0 Å². The van der Waals surface area contributed by atoms with Crippen molar-refractivity contribution in [1.29, 1.82) is 0 Å². The fourth-order valence-corrected chi connectivity index (χ4v) is 1.90. The predicted molar refractivity (Wildman–Crippen MR) is 84.4 cm³/mol. The first-order valence-electron chi connectivity index (χ1n) is 6.36. The van der Waals surface area contributed by atoms with E-state index in [9.17, 15) is 4.79 Å². The van der Waals surface area contributed by atoms with Crippen molar-refractivity contribution in [2.45, 2.75) is 13.3 Å². The number of hydrogen-bond acceptors (Lipinski definition) is 3. The van der Waals surface area contributed by atoms with E-state index in [1.54, 1.807) is 12.1 Å². The number of rotatable bonds is 4. The van der Waals surface area contributed by atoms with Crippen LogP contribution in [0.5, 0.6) is 5.75 Å². The van der Waals surface area contributed by atoms with Crippen LogP contribution in [0.2, 0.25) is 0 Å². The van der Waals surface area contributed by atoms with Crippen LogP contribution >= 0.6 is 12.2 Å². The summed E-state index contributed by atoms with van der Waals surface area (Å²) in [5.74, 6) is 0.808. The molecule has 2 aromatic carbocycles. The number of anilines is 1. The number of ketones is 1. The lowest BCUT2D eigenvalue weighted by atomic mass is 10.1. The highest BCUT2D eigenvalue weighted by Gasteiger charge is 2.04. The van der Waals surface area contributed by atoms with E-state index in [2.05, 4.69) is 5.32 Å². The Morgan fingerprint density at radius 3 is 2.35 bits per heavy atom. The summed E-state index contributed by atoms with van der Waals surface area (Å²) in [6.45, 7) is 1.84. The third-order valence-corrected chi connectivity index (χ3v) is 2.91. The van der Waals surface area contributed by atoms with Gasteiger partial charge in [-0.3, -0.25) is 4.79 Å². The van der Waals surface area contributed by atoms with Gasteiger partial charge < -0.3 is 10.1 Å². The topological polar surface area (TPSA) is 38.3 Å². The first-order valence-corrected chi connectivity index (χ1v) is 6.77. The summed E-state index contributed by atoms with van der Waals surface area (Å²) in [6, 6.07) is 16.5. The quantitative estimate of drug-likeness (QED) is 0.679. The van der Waals surface area contributed by atoms with E-state index >= 15 is 0 Å². The Labute approximate surface area is 123 Å². The maximum atomic E-state index is 11.5. The molecule has 20 heavy (non-hydrogen) atoms. The van der Waals surface area contributed by atoms with Crippen LogP contribution in [0, 0.1) is 0 Å². The summed E-state index contributed by atoms with van der Waals surface area (Å²) < 4.78 is 5.47. The number of ether oxygens (including phenoxy) is 1. The lowest BCUT2D eigenvalue weighted by Crippen LogP contribution is -2.16. The number of benzene rings is 2. The van der Waals surface area contributed by atoms with E-state index in [0.29, 0.717) is 17.7 Å². The molecule has 0 bridgehead atoms. The average Bonchev–Trinajstić information content (AvgIpc) is 2.48. The third kappa shape index (κ3) is 3.90. The van der Waals surface area contributed by atoms with E-state index in [-0.39, 0.29) is 11.0 Å². The summed E-state index contributed by atoms with van der Waals surface area (Å²) >= 11 is 5.13. The first-order chi connectivity index (χ1) is 9.69. The maximum Gasteiger partial charge on any atom is 0.266 e. The Hall–Kier alpha value is -2.20. The lowest BCUT2D eigenvalue weighted by molar-refractivity contribution is 0.0988. The third-order valence-electron chi connectivity index (χ3n) is 2.73. The van der Waals surface area contributed by atoms with E-state index in [0.717, 1.165) is 5.69 Å². The number of carbonyl (C=O) groups is 1. The van der Waals surface area contributed by atoms with E-state index in [1.165, 1.54) is 0 Å². The van der Waals surface area contributed by atoms with Crippen molar-refractivity contribution in [3.05, 3.63) is 60.2 Å². The molecule has 4 heteroatoms. The molecule has 0 aliphatic carbocycles. The molecule has 0 saturated heterocycles. The van der Waals surface area contributed by atoms with Gasteiger partial charge in [-0.1, -0.05) is 25.1 Å². The van der Waals surface area contributed by atoms with Crippen LogP contribution in [-0.2, 0) is 0 Å². The second-order valence-corrected chi connectivity index (χ2v) is 4.55. The SMILES string of the molecule is CCC(=O)c1ccc(NC(=S)Oc2ccccc2)cc1. The monoisotopic (exact) mass is 285 g/mol. The Morgan fingerprint density at radius 1 is 1.10 bits per heavy atom. The van der Waals surface area contributed by atoms with Crippen molar-refractivity contribution >= 4 is 28.9 Å². The molecule has 0 unspecified atom stereocenters.